The number of hydrogen-bond acceptors (Lipinski definition) is 2. The molecule has 3 rings (SSSR count). The summed E-state index contributed by atoms with van der Waals surface area (Å²) in [5, 5.41) is 2.01. The Hall–Kier alpha value is -1.98. The lowest BCUT2D eigenvalue weighted by Crippen LogP contribution is -2.14. The standard InChI is InChI=1S/C17H13BrN2OS/c1-20-15(13-8-5-9-14(18)10-13)11-22-17(20)19-16(21)12-6-3-2-4-7-12/h2-11H,1H3. The third-order valence-corrected chi connectivity index (χ3v) is 4.67. The Morgan fingerprint density at radius 2 is 1.91 bits per heavy atom. The van der Waals surface area contributed by atoms with Gasteiger partial charge in [-0.1, -0.05) is 46.3 Å². The molecule has 1 aromatic heterocycles. The number of hydrogen-bond donors (Lipinski definition) is 0. The Bertz CT molecular complexity index is 881. The van der Waals surface area contributed by atoms with E-state index in [-0.39, 0.29) is 5.91 Å². The summed E-state index contributed by atoms with van der Waals surface area (Å²) in [6.45, 7) is 0. The van der Waals surface area contributed by atoms with Crippen LogP contribution in [-0.4, -0.2) is 10.5 Å². The molecule has 0 saturated carbocycles. The molecule has 0 atom stereocenters. The number of nitrogens with zero attached hydrogens (tertiary/aromatic N) is 2. The number of halogens is 1. The van der Waals surface area contributed by atoms with Gasteiger partial charge in [0, 0.05) is 28.0 Å². The second kappa shape index (κ2) is 6.42. The average Bonchev–Trinajstić information content (AvgIpc) is 2.89. The maximum Gasteiger partial charge on any atom is 0.279 e. The van der Waals surface area contributed by atoms with Crippen LogP contribution in [0.2, 0.25) is 0 Å². The predicted octanol–water partition coefficient (Wildman–Crippen LogP) is 4.26. The molecule has 3 aromatic rings. The van der Waals surface area contributed by atoms with Crippen LogP contribution in [0.3, 0.4) is 0 Å². The molecule has 0 aliphatic carbocycles. The van der Waals surface area contributed by atoms with Crippen LogP contribution in [0.1, 0.15) is 10.4 Å². The lowest BCUT2D eigenvalue weighted by molar-refractivity contribution is 0.0998. The van der Waals surface area contributed by atoms with Crippen LogP contribution >= 0.6 is 27.3 Å². The van der Waals surface area contributed by atoms with Crippen LogP contribution in [0.15, 0.2) is 69.4 Å². The third kappa shape index (κ3) is 3.10. The SMILES string of the molecule is Cn1c(-c2cccc(Br)c2)csc1=NC(=O)c1ccccc1. The van der Waals surface area contributed by atoms with Crippen molar-refractivity contribution in [2.75, 3.05) is 0 Å². The molecule has 1 heterocycles. The van der Waals surface area contributed by atoms with E-state index in [0.29, 0.717) is 10.4 Å². The number of rotatable bonds is 2. The molecule has 22 heavy (non-hydrogen) atoms. The van der Waals surface area contributed by atoms with Crippen LogP contribution in [0.4, 0.5) is 0 Å². The van der Waals surface area contributed by atoms with E-state index in [1.54, 1.807) is 12.1 Å². The molecule has 0 saturated heterocycles. The molecule has 0 N–H and O–H groups in total. The van der Waals surface area contributed by atoms with Crippen LogP contribution in [0, 0.1) is 0 Å². The van der Waals surface area contributed by atoms with Crippen LogP contribution in [0.5, 0.6) is 0 Å². The van der Waals surface area contributed by atoms with E-state index in [1.165, 1.54) is 11.3 Å². The Morgan fingerprint density at radius 1 is 1.14 bits per heavy atom. The smallest absolute Gasteiger partial charge is 0.279 e. The molecule has 0 fully saturated rings. The van der Waals surface area contributed by atoms with E-state index in [4.69, 9.17) is 0 Å². The first-order chi connectivity index (χ1) is 10.6. The fraction of sp³-hybridized carbons (Fsp3) is 0.0588. The molecule has 3 nitrogen and oxygen atoms in total. The van der Waals surface area contributed by atoms with Gasteiger partial charge in [-0.15, -0.1) is 11.3 Å². The largest absolute Gasteiger partial charge is 0.319 e. The summed E-state index contributed by atoms with van der Waals surface area (Å²) in [6, 6.07) is 17.2. The Kier molecular flexibility index (Phi) is 4.36. The van der Waals surface area contributed by atoms with Crippen molar-refractivity contribution in [3.05, 3.63) is 74.8 Å². The van der Waals surface area contributed by atoms with E-state index in [1.807, 2.05) is 59.5 Å². The predicted molar refractivity (Wildman–Crippen MR) is 92.8 cm³/mol. The minimum absolute atomic E-state index is 0.223. The number of amides is 1. The van der Waals surface area contributed by atoms with Crippen molar-refractivity contribution in [2.45, 2.75) is 0 Å². The fourth-order valence-electron chi connectivity index (χ4n) is 2.11. The highest BCUT2D eigenvalue weighted by Gasteiger charge is 2.07. The summed E-state index contributed by atoms with van der Waals surface area (Å²) >= 11 is 4.94. The first-order valence-electron chi connectivity index (χ1n) is 6.70. The van der Waals surface area contributed by atoms with Crippen molar-refractivity contribution in [1.29, 1.82) is 0 Å². The Labute approximate surface area is 140 Å². The summed E-state index contributed by atoms with van der Waals surface area (Å²) in [7, 11) is 1.92. The van der Waals surface area contributed by atoms with Crippen LogP contribution in [0.25, 0.3) is 11.3 Å². The van der Waals surface area contributed by atoms with E-state index >= 15 is 0 Å². The van der Waals surface area contributed by atoms with Crippen molar-refractivity contribution in [2.24, 2.45) is 12.0 Å². The number of thiazole rings is 1. The second-order valence-corrected chi connectivity index (χ2v) is 6.51. The quantitative estimate of drug-likeness (QED) is 0.661. The summed E-state index contributed by atoms with van der Waals surface area (Å²) in [4.78, 5) is 17.1. The number of carbonyl (C=O) groups is 1. The zero-order chi connectivity index (χ0) is 15.5. The topological polar surface area (TPSA) is 34.4 Å². The van der Waals surface area contributed by atoms with E-state index < -0.39 is 0 Å². The Morgan fingerprint density at radius 3 is 2.64 bits per heavy atom. The first kappa shape index (κ1) is 14.9. The molecule has 0 aliphatic heterocycles. The summed E-state index contributed by atoms with van der Waals surface area (Å²) in [5.74, 6) is -0.223. The molecule has 0 radical (unpaired) electrons. The first-order valence-corrected chi connectivity index (χ1v) is 8.37. The van der Waals surface area contributed by atoms with Crippen molar-refractivity contribution in [1.82, 2.24) is 4.57 Å². The zero-order valence-corrected chi connectivity index (χ0v) is 14.3. The molecule has 1 amide bonds. The number of aromatic nitrogens is 1. The van der Waals surface area contributed by atoms with Gasteiger partial charge in [-0.05, 0) is 24.3 Å². The fourth-order valence-corrected chi connectivity index (χ4v) is 3.42. The lowest BCUT2D eigenvalue weighted by Gasteiger charge is -2.03. The molecule has 110 valence electrons. The normalized spacial score (nSPS) is 11.6. The van der Waals surface area contributed by atoms with Gasteiger partial charge >= 0.3 is 0 Å². The molecule has 0 aliphatic rings. The maximum atomic E-state index is 12.2. The minimum Gasteiger partial charge on any atom is -0.319 e. The highest BCUT2D eigenvalue weighted by molar-refractivity contribution is 9.10. The van der Waals surface area contributed by atoms with Crippen molar-refractivity contribution >= 4 is 33.2 Å². The zero-order valence-electron chi connectivity index (χ0n) is 11.9. The van der Waals surface area contributed by atoms with Gasteiger partial charge in [0.15, 0.2) is 4.80 Å². The summed E-state index contributed by atoms with van der Waals surface area (Å²) < 4.78 is 2.96. The van der Waals surface area contributed by atoms with Crippen molar-refractivity contribution in [3.63, 3.8) is 0 Å². The maximum absolute atomic E-state index is 12.2. The van der Waals surface area contributed by atoms with Gasteiger partial charge in [0.25, 0.3) is 5.91 Å². The number of carbonyl (C=O) groups excluding carboxylic acids is 1. The molecule has 2 aromatic carbocycles. The van der Waals surface area contributed by atoms with Gasteiger partial charge in [-0.25, -0.2) is 0 Å². The van der Waals surface area contributed by atoms with E-state index in [9.17, 15) is 4.79 Å². The van der Waals surface area contributed by atoms with Gasteiger partial charge in [0.2, 0.25) is 0 Å². The molecule has 0 bridgehead atoms. The highest BCUT2D eigenvalue weighted by Crippen LogP contribution is 2.22. The molecule has 0 unspecified atom stereocenters. The van der Waals surface area contributed by atoms with Gasteiger partial charge in [0.1, 0.15) is 0 Å². The van der Waals surface area contributed by atoms with Gasteiger partial charge in [-0.2, -0.15) is 4.99 Å². The van der Waals surface area contributed by atoms with E-state index in [2.05, 4.69) is 20.9 Å². The molecule has 5 heteroatoms. The monoisotopic (exact) mass is 372 g/mol. The van der Waals surface area contributed by atoms with Crippen molar-refractivity contribution < 1.29 is 4.79 Å². The second-order valence-electron chi connectivity index (χ2n) is 4.76. The third-order valence-electron chi connectivity index (χ3n) is 3.26. The van der Waals surface area contributed by atoms with Crippen molar-refractivity contribution in [3.8, 4) is 11.3 Å². The van der Waals surface area contributed by atoms with Crippen LogP contribution in [-0.2, 0) is 7.05 Å². The summed E-state index contributed by atoms with van der Waals surface area (Å²) in [6.07, 6.45) is 0. The molecule has 0 spiro atoms. The van der Waals surface area contributed by atoms with Gasteiger partial charge < -0.3 is 4.57 Å². The molecular weight excluding hydrogens is 360 g/mol. The average molecular weight is 373 g/mol. The Balaban J connectivity index is 2.00. The highest BCUT2D eigenvalue weighted by atomic mass is 79.9. The minimum atomic E-state index is -0.223. The van der Waals surface area contributed by atoms with Gasteiger partial charge in [0.05, 0.1) is 5.69 Å². The van der Waals surface area contributed by atoms with Gasteiger partial charge in [-0.3, -0.25) is 4.79 Å². The summed E-state index contributed by atoms with van der Waals surface area (Å²) in [5.41, 5.74) is 2.72. The molecular formula is C17H13BrN2OS. The van der Waals surface area contributed by atoms with Crippen LogP contribution < -0.4 is 4.80 Å². The number of benzene rings is 2. The lowest BCUT2D eigenvalue weighted by atomic mass is 10.2. The van der Waals surface area contributed by atoms with E-state index in [0.717, 1.165) is 15.7 Å².